The molecule has 4 nitrogen and oxygen atoms in total. The molecule has 0 bridgehead atoms. The molecule has 0 fully saturated rings. The molecule has 0 radical (unpaired) electrons. The number of fused-ring (bicyclic) bond motifs is 1. The number of benzene rings is 3. The number of rotatable bonds is 9. The van der Waals surface area contributed by atoms with Crippen LogP contribution in [0.1, 0.15) is 30.9 Å². The first kappa shape index (κ1) is 21.1. The number of unbranched alkanes of at least 4 members (excludes halogenated alkanes) is 1. The van der Waals surface area contributed by atoms with Crippen molar-refractivity contribution in [3.05, 3.63) is 83.4 Å². The minimum absolute atomic E-state index is 0.0906. The van der Waals surface area contributed by atoms with E-state index in [1.54, 1.807) is 6.08 Å². The van der Waals surface area contributed by atoms with Crippen LogP contribution in [0.15, 0.2) is 72.3 Å². The van der Waals surface area contributed by atoms with Crippen molar-refractivity contribution in [2.45, 2.75) is 26.2 Å². The maximum absolute atomic E-state index is 12.5. The molecule has 0 saturated heterocycles. The molecule has 0 heterocycles. The summed E-state index contributed by atoms with van der Waals surface area (Å²) in [6.07, 6.45) is 4.44. The Hall–Kier alpha value is -3.58. The molecule has 0 aliphatic heterocycles. The normalized spacial score (nSPS) is 11.1. The first-order valence-corrected chi connectivity index (χ1v) is 10.3. The average Bonchev–Trinajstić information content (AvgIpc) is 2.79. The van der Waals surface area contributed by atoms with E-state index in [1.807, 2.05) is 72.8 Å². The number of amides is 1. The number of ether oxygens (including phenoxy) is 1. The SMILES string of the molecule is CCCCOc1ccc(/C=C(\C#N)C(=O)NCCc2ccccc2)c2ccccc12. The van der Waals surface area contributed by atoms with Crippen LogP contribution in [0, 0.1) is 11.3 Å². The summed E-state index contributed by atoms with van der Waals surface area (Å²) in [5.41, 5.74) is 2.06. The van der Waals surface area contributed by atoms with Crippen molar-refractivity contribution in [2.24, 2.45) is 0 Å². The van der Waals surface area contributed by atoms with Crippen LogP contribution in [0.2, 0.25) is 0 Å². The summed E-state index contributed by atoms with van der Waals surface area (Å²) in [7, 11) is 0. The third-order valence-corrected chi connectivity index (χ3v) is 4.88. The molecule has 152 valence electrons. The van der Waals surface area contributed by atoms with Crippen LogP contribution in [0.3, 0.4) is 0 Å². The van der Waals surface area contributed by atoms with Gasteiger partial charge in [0.25, 0.3) is 5.91 Å². The third kappa shape index (κ3) is 5.48. The Balaban J connectivity index is 1.77. The molecule has 3 aromatic rings. The number of hydrogen-bond donors (Lipinski definition) is 1. The summed E-state index contributed by atoms with van der Waals surface area (Å²) in [5.74, 6) is 0.461. The highest BCUT2D eigenvalue weighted by molar-refractivity contribution is 6.04. The van der Waals surface area contributed by atoms with Gasteiger partial charge in [-0.05, 0) is 41.5 Å². The van der Waals surface area contributed by atoms with Gasteiger partial charge < -0.3 is 10.1 Å². The maximum Gasteiger partial charge on any atom is 0.261 e. The maximum atomic E-state index is 12.5. The standard InChI is InChI=1S/C26H26N2O2/c1-2-3-17-30-25-14-13-21(23-11-7-8-12-24(23)25)18-22(19-27)26(29)28-16-15-20-9-5-4-6-10-20/h4-14,18H,2-3,15-17H2,1H3,(H,28,29)/b22-18+. The van der Waals surface area contributed by atoms with Gasteiger partial charge in [0.05, 0.1) is 6.61 Å². The largest absolute Gasteiger partial charge is 0.493 e. The van der Waals surface area contributed by atoms with E-state index < -0.39 is 0 Å². The Kier molecular flexibility index (Phi) is 7.63. The molecule has 0 aliphatic rings. The Morgan fingerprint density at radius 3 is 2.50 bits per heavy atom. The van der Waals surface area contributed by atoms with Gasteiger partial charge in [-0.1, -0.05) is 74.0 Å². The van der Waals surface area contributed by atoms with Crippen LogP contribution in [0.5, 0.6) is 5.75 Å². The summed E-state index contributed by atoms with van der Waals surface area (Å²) in [6.45, 7) is 3.28. The Labute approximate surface area is 177 Å². The van der Waals surface area contributed by atoms with Gasteiger partial charge in [-0.25, -0.2) is 0 Å². The van der Waals surface area contributed by atoms with Crippen LogP contribution in [-0.4, -0.2) is 19.1 Å². The van der Waals surface area contributed by atoms with Crippen LogP contribution in [0.4, 0.5) is 0 Å². The van der Waals surface area contributed by atoms with Gasteiger partial charge in [-0.2, -0.15) is 5.26 Å². The summed E-state index contributed by atoms with van der Waals surface area (Å²) in [5, 5.41) is 14.3. The van der Waals surface area contributed by atoms with Gasteiger partial charge in [0, 0.05) is 11.9 Å². The molecule has 0 saturated carbocycles. The lowest BCUT2D eigenvalue weighted by molar-refractivity contribution is -0.117. The molecule has 1 amide bonds. The summed E-state index contributed by atoms with van der Waals surface area (Å²) < 4.78 is 5.92. The molecule has 4 heteroatoms. The van der Waals surface area contributed by atoms with Crippen LogP contribution >= 0.6 is 0 Å². The fraction of sp³-hybridized carbons (Fsp3) is 0.231. The molecular weight excluding hydrogens is 372 g/mol. The average molecular weight is 399 g/mol. The minimum atomic E-state index is -0.360. The smallest absolute Gasteiger partial charge is 0.261 e. The van der Waals surface area contributed by atoms with E-state index in [2.05, 4.69) is 12.2 Å². The van der Waals surface area contributed by atoms with E-state index in [9.17, 15) is 10.1 Å². The van der Waals surface area contributed by atoms with E-state index in [-0.39, 0.29) is 11.5 Å². The van der Waals surface area contributed by atoms with Crippen molar-refractivity contribution >= 4 is 22.8 Å². The molecule has 0 unspecified atom stereocenters. The van der Waals surface area contributed by atoms with Gasteiger partial charge in [-0.15, -0.1) is 0 Å². The number of hydrogen-bond acceptors (Lipinski definition) is 3. The minimum Gasteiger partial charge on any atom is -0.493 e. The molecule has 0 atom stereocenters. The predicted molar refractivity (Wildman–Crippen MR) is 121 cm³/mol. The van der Waals surface area contributed by atoms with E-state index >= 15 is 0 Å². The zero-order chi connectivity index (χ0) is 21.2. The van der Waals surface area contributed by atoms with Crippen LogP contribution < -0.4 is 10.1 Å². The summed E-state index contributed by atoms with van der Waals surface area (Å²) in [6, 6.07) is 23.7. The number of carbonyl (C=O) groups excluding carboxylic acids is 1. The van der Waals surface area contributed by atoms with Crippen molar-refractivity contribution in [3.8, 4) is 11.8 Å². The Bertz CT molecular complexity index is 1070. The fourth-order valence-electron chi connectivity index (χ4n) is 3.24. The number of nitriles is 1. The first-order chi connectivity index (χ1) is 14.7. The van der Waals surface area contributed by atoms with Gasteiger partial charge in [0.1, 0.15) is 17.4 Å². The van der Waals surface area contributed by atoms with E-state index in [1.165, 1.54) is 0 Å². The lowest BCUT2D eigenvalue weighted by Crippen LogP contribution is -2.26. The molecule has 0 spiro atoms. The van der Waals surface area contributed by atoms with Gasteiger partial charge in [0.15, 0.2) is 0 Å². The number of nitrogens with zero attached hydrogens (tertiary/aromatic N) is 1. The highest BCUT2D eigenvalue weighted by atomic mass is 16.5. The quantitative estimate of drug-likeness (QED) is 0.303. The van der Waals surface area contributed by atoms with Gasteiger partial charge in [-0.3, -0.25) is 4.79 Å². The molecule has 0 aliphatic carbocycles. The number of carbonyl (C=O) groups is 1. The molecule has 0 aromatic heterocycles. The first-order valence-electron chi connectivity index (χ1n) is 10.3. The molecule has 30 heavy (non-hydrogen) atoms. The van der Waals surface area contributed by atoms with Crippen molar-refractivity contribution in [1.29, 1.82) is 5.26 Å². The van der Waals surface area contributed by atoms with Crippen LogP contribution in [0.25, 0.3) is 16.8 Å². The fourth-order valence-corrected chi connectivity index (χ4v) is 3.24. The van der Waals surface area contributed by atoms with Crippen molar-refractivity contribution in [1.82, 2.24) is 5.32 Å². The van der Waals surface area contributed by atoms with E-state index in [0.29, 0.717) is 13.2 Å². The predicted octanol–water partition coefficient (Wildman–Crippen LogP) is 5.28. The second kappa shape index (κ2) is 10.8. The summed E-state index contributed by atoms with van der Waals surface area (Å²) in [4.78, 5) is 12.5. The van der Waals surface area contributed by atoms with Crippen molar-refractivity contribution < 1.29 is 9.53 Å². The topological polar surface area (TPSA) is 62.1 Å². The molecule has 3 aromatic carbocycles. The van der Waals surface area contributed by atoms with Gasteiger partial charge in [0.2, 0.25) is 0 Å². The molecule has 3 rings (SSSR count). The van der Waals surface area contributed by atoms with Crippen molar-refractivity contribution in [2.75, 3.05) is 13.2 Å². The Morgan fingerprint density at radius 2 is 1.77 bits per heavy atom. The lowest BCUT2D eigenvalue weighted by atomic mass is 10.0. The lowest BCUT2D eigenvalue weighted by Gasteiger charge is -2.11. The monoisotopic (exact) mass is 398 g/mol. The summed E-state index contributed by atoms with van der Waals surface area (Å²) >= 11 is 0. The molecule has 1 N–H and O–H groups in total. The highest BCUT2D eigenvalue weighted by Gasteiger charge is 2.11. The van der Waals surface area contributed by atoms with Crippen molar-refractivity contribution in [3.63, 3.8) is 0 Å². The third-order valence-electron chi connectivity index (χ3n) is 4.88. The second-order valence-electron chi connectivity index (χ2n) is 7.06. The molecular formula is C26H26N2O2. The second-order valence-corrected chi connectivity index (χ2v) is 7.06. The van der Waals surface area contributed by atoms with E-state index in [4.69, 9.17) is 4.74 Å². The van der Waals surface area contributed by atoms with Gasteiger partial charge >= 0.3 is 0 Å². The highest BCUT2D eigenvalue weighted by Crippen LogP contribution is 2.30. The zero-order valence-corrected chi connectivity index (χ0v) is 17.2. The zero-order valence-electron chi connectivity index (χ0n) is 17.2. The van der Waals surface area contributed by atoms with E-state index in [0.717, 1.165) is 46.9 Å². The number of nitrogens with one attached hydrogen (secondary N) is 1. The Morgan fingerprint density at radius 1 is 1.03 bits per heavy atom. The van der Waals surface area contributed by atoms with Crippen LogP contribution in [-0.2, 0) is 11.2 Å².